The maximum atomic E-state index is 12.2. The number of piperidine rings is 1. The molecule has 0 aromatic carbocycles. The van der Waals surface area contributed by atoms with E-state index in [1.165, 1.54) is 17.8 Å². The van der Waals surface area contributed by atoms with Gasteiger partial charge in [0.05, 0.1) is 5.69 Å². The number of anilines is 1. The van der Waals surface area contributed by atoms with Gasteiger partial charge in [-0.2, -0.15) is 0 Å². The molecule has 6 heteroatoms. The quantitative estimate of drug-likeness (QED) is 0.860. The predicted octanol–water partition coefficient (Wildman–Crippen LogP) is 1.94. The van der Waals surface area contributed by atoms with Crippen molar-refractivity contribution in [3.05, 3.63) is 10.6 Å². The first-order valence-electron chi connectivity index (χ1n) is 6.31. The summed E-state index contributed by atoms with van der Waals surface area (Å²) in [4.78, 5) is 16.9. The molecule has 2 atom stereocenters. The van der Waals surface area contributed by atoms with Crippen molar-refractivity contribution >= 4 is 22.4 Å². The van der Waals surface area contributed by atoms with Gasteiger partial charge < -0.3 is 5.73 Å². The number of rotatable bonds is 2. The first kappa shape index (κ1) is 13.3. The van der Waals surface area contributed by atoms with Crippen molar-refractivity contribution in [2.45, 2.75) is 52.1 Å². The van der Waals surface area contributed by atoms with Crippen LogP contribution >= 0.6 is 11.3 Å². The number of aryl methyl sites for hydroxylation is 1. The largest absolute Gasteiger partial charge is 0.375 e. The van der Waals surface area contributed by atoms with Gasteiger partial charge in [0.25, 0.3) is 5.91 Å². The summed E-state index contributed by atoms with van der Waals surface area (Å²) in [6.45, 7) is 6.10. The fraction of sp³-hybridized carbons (Fsp3) is 0.667. The second-order valence-corrected chi connectivity index (χ2v) is 5.97. The Labute approximate surface area is 111 Å². The average Bonchev–Trinajstić information content (AvgIpc) is 2.63. The molecule has 0 bridgehead atoms. The molecule has 2 unspecified atom stereocenters. The van der Waals surface area contributed by atoms with Crippen LogP contribution < -0.4 is 11.2 Å². The predicted molar refractivity (Wildman–Crippen MR) is 73.3 cm³/mol. The van der Waals surface area contributed by atoms with Crippen LogP contribution in [-0.2, 0) is 0 Å². The third-order valence-electron chi connectivity index (χ3n) is 3.44. The summed E-state index contributed by atoms with van der Waals surface area (Å²) in [5.74, 6) is -0.0951. The summed E-state index contributed by atoms with van der Waals surface area (Å²) in [7, 11) is 0. The van der Waals surface area contributed by atoms with E-state index in [9.17, 15) is 4.79 Å². The molecule has 1 aliphatic rings. The van der Waals surface area contributed by atoms with Crippen molar-refractivity contribution < 1.29 is 4.79 Å². The minimum atomic E-state index is -0.0951. The van der Waals surface area contributed by atoms with Crippen LogP contribution in [0.1, 0.15) is 48.5 Å². The van der Waals surface area contributed by atoms with E-state index in [0.717, 1.165) is 12.8 Å². The highest BCUT2D eigenvalue weighted by atomic mass is 32.1. The zero-order valence-electron chi connectivity index (χ0n) is 11.1. The molecule has 2 heterocycles. The Kier molecular flexibility index (Phi) is 3.87. The number of nitrogen functional groups attached to an aromatic ring is 1. The van der Waals surface area contributed by atoms with Crippen LogP contribution in [0, 0.1) is 6.92 Å². The van der Waals surface area contributed by atoms with Crippen LogP contribution in [0.4, 0.5) is 5.13 Å². The van der Waals surface area contributed by atoms with Gasteiger partial charge in [0.15, 0.2) is 5.13 Å². The van der Waals surface area contributed by atoms with Crippen molar-refractivity contribution in [3.63, 3.8) is 0 Å². The van der Waals surface area contributed by atoms with E-state index in [-0.39, 0.29) is 5.91 Å². The highest BCUT2D eigenvalue weighted by Gasteiger charge is 2.27. The third kappa shape index (κ3) is 2.64. The molecule has 1 aromatic heterocycles. The van der Waals surface area contributed by atoms with Crippen molar-refractivity contribution in [3.8, 4) is 0 Å². The number of nitrogens with zero attached hydrogens (tertiary/aromatic N) is 2. The zero-order chi connectivity index (χ0) is 13.3. The number of hydrogen-bond acceptors (Lipinski definition) is 5. The summed E-state index contributed by atoms with van der Waals surface area (Å²) in [6.07, 6.45) is 3.46. The lowest BCUT2D eigenvalue weighted by Gasteiger charge is -2.38. The second kappa shape index (κ2) is 5.24. The van der Waals surface area contributed by atoms with E-state index in [1.807, 2.05) is 6.92 Å². The number of nitrogens with one attached hydrogen (secondary N) is 1. The molecule has 0 spiro atoms. The summed E-state index contributed by atoms with van der Waals surface area (Å²) < 4.78 is 0. The summed E-state index contributed by atoms with van der Waals surface area (Å²) in [5.41, 5.74) is 9.32. The lowest BCUT2D eigenvalue weighted by molar-refractivity contribution is 0.0372. The molecule has 0 saturated carbocycles. The number of hydrogen-bond donors (Lipinski definition) is 2. The highest BCUT2D eigenvalue weighted by molar-refractivity contribution is 7.17. The molecule has 2 rings (SSSR count). The standard InChI is InChI=1S/C12H20N4OS/c1-7-5-4-6-8(2)16(7)15-11(17)10-9(3)14-12(13)18-10/h7-8H,4-6H2,1-3H3,(H2,13,14)(H,15,17). The zero-order valence-corrected chi connectivity index (χ0v) is 11.9. The van der Waals surface area contributed by atoms with Crippen LogP contribution in [0.5, 0.6) is 0 Å². The van der Waals surface area contributed by atoms with Gasteiger partial charge in [0, 0.05) is 12.1 Å². The molecule has 1 saturated heterocycles. The Morgan fingerprint density at radius 3 is 2.56 bits per heavy atom. The molecule has 100 valence electrons. The number of carbonyl (C=O) groups is 1. The van der Waals surface area contributed by atoms with Gasteiger partial charge in [-0.3, -0.25) is 10.2 Å². The molecule has 1 aromatic rings. The van der Waals surface area contributed by atoms with Crippen molar-refractivity contribution in [1.29, 1.82) is 0 Å². The molecular formula is C12H20N4OS. The molecule has 0 aliphatic carbocycles. The molecule has 1 aliphatic heterocycles. The summed E-state index contributed by atoms with van der Waals surface area (Å²) in [5, 5.41) is 2.50. The Morgan fingerprint density at radius 2 is 2.06 bits per heavy atom. The smallest absolute Gasteiger partial charge is 0.277 e. The van der Waals surface area contributed by atoms with E-state index in [4.69, 9.17) is 5.73 Å². The number of carbonyl (C=O) groups excluding carboxylic acids is 1. The second-order valence-electron chi connectivity index (χ2n) is 4.94. The van der Waals surface area contributed by atoms with Crippen LogP contribution in [-0.4, -0.2) is 28.0 Å². The monoisotopic (exact) mass is 268 g/mol. The van der Waals surface area contributed by atoms with Crippen molar-refractivity contribution in [2.24, 2.45) is 0 Å². The Balaban J connectivity index is 2.08. The van der Waals surface area contributed by atoms with Gasteiger partial charge in [-0.1, -0.05) is 17.8 Å². The first-order valence-corrected chi connectivity index (χ1v) is 7.13. The number of aromatic nitrogens is 1. The lowest BCUT2D eigenvalue weighted by Crippen LogP contribution is -2.54. The third-order valence-corrected chi connectivity index (χ3v) is 4.43. The van der Waals surface area contributed by atoms with E-state index in [0.29, 0.717) is 27.8 Å². The van der Waals surface area contributed by atoms with Gasteiger partial charge in [-0.15, -0.1) is 0 Å². The van der Waals surface area contributed by atoms with Gasteiger partial charge in [-0.25, -0.2) is 9.99 Å². The molecule has 0 radical (unpaired) electrons. The fourth-order valence-electron chi connectivity index (χ4n) is 2.44. The number of amides is 1. The maximum Gasteiger partial charge on any atom is 0.277 e. The van der Waals surface area contributed by atoms with Crippen LogP contribution in [0.3, 0.4) is 0 Å². The first-order chi connectivity index (χ1) is 8.49. The Hall–Kier alpha value is -1.14. The molecule has 1 fully saturated rings. The lowest BCUT2D eigenvalue weighted by atomic mass is 10.00. The highest BCUT2D eigenvalue weighted by Crippen LogP contribution is 2.23. The maximum absolute atomic E-state index is 12.2. The Bertz CT molecular complexity index is 435. The summed E-state index contributed by atoms with van der Waals surface area (Å²) in [6, 6.07) is 0.756. The van der Waals surface area contributed by atoms with Crippen LogP contribution in [0.2, 0.25) is 0 Å². The topological polar surface area (TPSA) is 71.2 Å². The minimum absolute atomic E-state index is 0.0951. The molecular weight excluding hydrogens is 248 g/mol. The normalized spacial score (nSPS) is 25.1. The van der Waals surface area contributed by atoms with Crippen LogP contribution in [0.25, 0.3) is 0 Å². The number of hydrazine groups is 1. The minimum Gasteiger partial charge on any atom is -0.375 e. The van der Waals surface area contributed by atoms with Crippen LogP contribution in [0.15, 0.2) is 0 Å². The van der Waals surface area contributed by atoms with Gasteiger partial charge in [0.1, 0.15) is 4.88 Å². The fourth-order valence-corrected chi connectivity index (χ4v) is 3.16. The Morgan fingerprint density at radius 1 is 1.44 bits per heavy atom. The molecule has 3 N–H and O–H groups in total. The molecule has 5 nitrogen and oxygen atoms in total. The van der Waals surface area contributed by atoms with Crippen molar-refractivity contribution in [2.75, 3.05) is 5.73 Å². The van der Waals surface area contributed by atoms with E-state index in [2.05, 4.69) is 29.3 Å². The van der Waals surface area contributed by atoms with E-state index in [1.54, 1.807) is 0 Å². The van der Waals surface area contributed by atoms with Gasteiger partial charge >= 0.3 is 0 Å². The van der Waals surface area contributed by atoms with Gasteiger partial charge in [0.2, 0.25) is 0 Å². The van der Waals surface area contributed by atoms with E-state index >= 15 is 0 Å². The van der Waals surface area contributed by atoms with Crippen molar-refractivity contribution in [1.82, 2.24) is 15.4 Å². The SMILES string of the molecule is Cc1nc(N)sc1C(=O)NN1C(C)CCCC1C. The number of thiazole rings is 1. The van der Waals surface area contributed by atoms with Gasteiger partial charge in [-0.05, 0) is 33.6 Å². The average molecular weight is 268 g/mol. The number of nitrogens with two attached hydrogens (primary N) is 1. The molecule has 1 amide bonds. The van der Waals surface area contributed by atoms with E-state index < -0.39 is 0 Å². The molecule has 18 heavy (non-hydrogen) atoms. The summed E-state index contributed by atoms with van der Waals surface area (Å²) >= 11 is 1.24.